The molecule has 0 saturated heterocycles. The molecule has 3 nitrogen and oxygen atoms in total. The first kappa shape index (κ1) is 10.2. The molecule has 2 aromatic rings. The van der Waals surface area contributed by atoms with E-state index in [0.29, 0.717) is 5.56 Å². The van der Waals surface area contributed by atoms with Crippen molar-refractivity contribution in [3.63, 3.8) is 0 Å². The highest BCUT2D eigenvalue weighted by atomic mass is 14.9. The van der Waals surface area contributed by atoms with Gasteiger partial charge in [-0.1, -0.05) is 0 Å². The lowest BCUT2D eigenvalue weighted by molar-refractivity contribution is 1.20. The van der Waals surface area contributed by atoms with Gasteiger partial charge < -0.3 is 5.32 Å². The molecule has 0 saturated carbocycles. The number of anilines is 2. The second-order valence-electron chi connectivity index (χ2n) is 3.50. The van der Waals surface area contributed by atoms with E-state index < -0.39 is 0 Å². The largest absolute Gasteiger partial charge is 0.354 e. The van der Waals surface area contributed by atoms with Crippen molar-refractivity contribution in [1.82, 2.24) is 4.98 Å². The molecule has 0 bridgehead atoms. The molecule has 0 aliphatic rings. The fourth-order valence-corrected chi connectivity index (χ4v) is 1.34. The van der Waals surface area contributed by atoms with Crippen LogP contribution in [-0.4, -0.2) is 4.98 Å². The van der Waals surface area contributed by atoms with E-state index in [-0.39, 0.29) is 0 Å². The van der Waals surface area contributed by atoms with Crippen LogP contribution in [0.15, 0.2) is 42.6 Å². The maximum Gasteiger partial charge on any atom is 0.0991 e. The minimum absolute atomic E-state index is 0.660. The van der Waals surface area contributed by atoms with Crippen LogP contribution in [0.3, 0.4) is 0 Å². The van der Waals surface area contributed by atoms with Crippen molar-refractivity contribution in [3.8, 4) is 6.07 Å². The van der Waals surface area contributed by atoms with Crippen molar-refractivity contribution in [2.45, 2.75) is 6.92 Å². The fourth-order valence-electron chi connectivity index (χ4n) is 1.34. The molecule has 0 spiro atoms. The Balaban J connectivity index is 2.15. The van der Waals surface area contributed by atoms with Gasteiger partial charge in [0, 0.05) is 11.4 Å². The Bertz CT molecular complexity index is 506. The third-order valence-electron chi connectivity index (χ3n) is 2.21. The van der Waals surface area contributed by atoms with Crippen LogP contribution in [0.2, 0.25) is 0 Å². The van der Waals surface area contributed by atoms with E-state index in [9.17, 15) is 0 Å². The van der Waals surface area contributed by atoms with Crippen molar-refractivity contribution < 1.29 is 0 Å². The molecule has 3 heteroatoms. The molecule has 0 amide bonds. The van der Waals surface area contributed by atoms with Crippen LogP contribution in [0.4, 0.5) is 11.4 Å². The molecule has 0 fully saturated rings. The van der Waals surface area contributed by atoms with Crippen LogP contribution in [0.25, 0.3) is 0 Å². The SMILES string of the molecule is Cc1ccc(Nc2ccc(C#N)cc2)cn1. The highest BCUT2D eigenvalue weighted by molar-refractivity contribution is 5.59. The van der Waals surface area contributed by atoms with Gasteiger partial charge in [-0.3, -0.25) is 4.98 Å². The maximum atomic E-state index is 8.67. The van der Waals surface area contributed by atoms with Crippen LogP contribution >= 0.6 is 0 Å². The van der Waals surface area contributed by atoms with Gasteiger partial charge in [0.05, 0.1) is 23.5 Å². The number of benzene rings is 1. The summed E-state index contributed by atoms with van der Waals surface area (Å²) >= 11 is 0. The van der Waals surface area contributed by atoms with Crippen LogP contribution in [0, 0.1) is 18.3 Å². The predicted molar refractivity (Wildman–Crippen MR) is 63.4 cm³/mol. The monoisotopic (exact) mass is 209 g/mol. The predicted octanol–water partition coefficient (Wildman–Crippen LogP) is 3.01. The lowest BCUT2D eigenvalue weighted by Gasteiger charge is -2.05. The Morgan fingerprint density at radius 3 is 2.31 bits per heavy atom. The van der Waals surface area contributed by atoms with Crippen LogP contribution in [-0.2, 0) is 0 Å². The van der Waals surface area contributed by atoms with Gasteiger partial charge in [0.1, 0.15) is 0 Å². The summed E-state index contributed by atoms with van der Waals surface area (Å²) in [5.41, 5.74) is 3.54. The summed E-state index contributed by atoms with van der Waals surface area (Å²) in [5.74, 6) is 0. The van der Waals surface area contributed by atoms with Crippen LogP contribution in [0.5, 0.6) is 0 Å². The van der Waals surface area contributed by atoms with Crippen molar-refractivity contribution in [1.29, 1.82) is 5.26 Å². The quantitative estimate of drug-likeness (QED) is 0.827. The zero-order chi connectivity index (χ0) is 11.4. The molecule has 0 atom stereocenters. The van der Waals surface area contributed by atoms with Crippen molar-refractivity contribution >= 4 is 11.4 Å². The van der Waals surface area contributed by atoms with Crippen LogP contribution in [0.1, 0.15) is 11.3 Å². The van der Waals surface area contributed by atoms with Gasteiger partial charge in [-0.25, -0.2) is 0 Å². The van der Waals surface area contributed by atoms with Crippen molar-refractivity contribution in [3.05, 3.63) is 53.9 Å². The number of nitrogens with zero attached hydrogens (tertiary/aromatic N) is 2. The van der Waals surface area contributed by atoms with Crippen molar-refractivity contribution in [2.75, 3.05) is 5.32 Å². The summed E-state index contributed by atoms with van der Waals surface area (Å²) < 4.78 is 0. The number of hydrogen-bond acceptors (Lipinski definition) is 3. The lowest BCUT2D eigenvalue weighted by Crippen LogP contribution is -1.91. The Hall–Kier alpha value is -2.34. The summed E-state index contributed by atoms with van der Waals surface area (Å²) in [6.45, 7) is 1.95. The normalized spacial score (nSPS) is 9.50. The fraction of sp³-hybridized carbons (Fsp3) is 0.0769. The van der Waals surface area contributed by atoms with Gasteiger partial charge in [0.15, 0.2) is 0 Å². The molecule has 0 aliphatic heterocycles. The first-order valence-electron chi connectivity index (χ1n) is 4.98. The van der Waals surface area contributed by atoms with Gasteiger partial charge in [0.2, 0.25) is 0 Å². The molecular formula is C13H11N3. The molecule has 78 valence electrons. The Morgan fingerprint density at radius 2 is 1.75 bits per heavy atom. The van der Waals surface area contributed by atoms with Crippen LogP contribution < -0.4 is 5.32 Å². The third kappa shape index (κ3) is 2.37. The molecule has 1 heterocycles. The van der Waals surface area contributed by atoms with E-state index in [1.165, 1.54) is 0 Å². The van der Waals surface area contributed by atoms with Crippen molar-refractivity contribution in [2.24, 2.45) is 0 Å². The number of hydrogen-bond donors (Lipinski definition) is 1. The van der Waals surface area contributed by atoms with E-state index in [1.54, 1.807) is 18.3 Å². The number of pyridine rings is 1. The Morgan fingerprint density at radius 1 is 1.06 bits per heavy atom. The zero-order valence-corrected chi connectivity index (χ0v) is 8.94. The minimum atomic E-state index is 0.660. The highest BCUT2D eigenvalue weighted by Crippen LogP contribution is 2.15. The van der Waals surface area contributed by atoms with Gasteiger partial charge in [0.25, 0.3) is 0 Å². The number of nitriles is 1. The summed E-state index contributed by atoms with van der Waals surface area (Å²) in [6, 6.07) is 13.3. The standard InChI is InChI=1S/C13H11N3/c1-10-2-5-13(9-15-10)16-12-6-3-11(8-14)4-7-12/h2-7,9,16H,1H3. The smallest absolute Gasteiger partial charge is 0.0991 e. The number of rotatable bonds is 2. The maximum absolute atomic E-state index is 8.67. The molecule has 0 unspecified atom stereocenters. The summed E-state index contributed by atoms with van der Waals surface area (Å²) in [4.78, 5) is 4.19. The lowest BCUT2D eigenvalue weighted by atomic mass is 10.2. The molecular weight excluding hydrogens is 198 g/mol. The summed E-state index contributed by atoms with van der Waals surface area (Å²) in [5, 5.41) is 11.9. The van der Waals surface area contributed by atoms with E-state index in [0.717, 1.165) is 17.1 Å². The third-order valence-corrected chi connectivity index (χ3v) is 2.21. The van der Waals surface area contributed by atoms with E-state index in [4.69, 9.17) is 5.26 Å². The first-order chi connectivity index (χ1) is 7.78. The second-order valence-corrected chi connectivity index (χ2v) is 3.50. The molecule has 0 radical (unpaired) electrons. The zero-order valence-electron chi connectivity index (χ0n) is 8.94. The number of aryl methyl sites for hydroxylation is 1. The number of nitrogens with one attached hydrogen (secondary N) is 1. The van der Waals surface area contributed by atoms with Gasteiger partial charge in [-0.2, -0.15) is 5.26 Å². The number of aromatic nitrogens is 1. The summed E-state index contributed by atoms with van der Waals surface area (Å²) in [7, 11) is 0. The van der Waals surface area contributed by atoms with E-state index in [1.807, 2.05) is 31.2 Å². The van der Waals surface area contributed by atoms with Gasteiger partial charge in [-0.05, 0) is 43.3 Å². The average Bonchev–Trinajstić information content (AvgIpc) is 2.33. The molecule has 0 aliphatic carbocycles. The molecule has 1 aromatic heterocycles. The minimum Gasteiger partial charge on any atom is -0.354 e. The second kappa shape index (κ2) is 4.45. The topological polar surface area (TPSA) is 48.7 Å². The first-order valence-corrected chi connectivity index (χ1v) is 4.98. The van der Waals surface area contributed by atoms with Gasteiger partial charge >= 0.3 is 0 Å². The molecule has 1 N–H and O–H groups in total. The average molecular weight is 209 g/mol. The molecule has 1 aromatic carbocycles. The molecule has 2 rings (SSSR count). The van der Waals surface area contributed by atoms with Gasteiger partial charge in [-0.15, -0.1) is 0 Å². The van der Waals surface area contributed by atoms with E-state index in [2.05, 4.69) is 16.4 Å². The van der Waals surface area contributed by atoms with E-state index >= 15 is 0 Å². The Kier molecular flexibility index (Phi) is 2.84. The molecule has 16 heavy (non-hydrogen) atoms. The highest BCUT2D eigenvalue weighted by Gasteiger charge is 1.95. The summed E-state index contributed by atoms with van der Waals surface area (Å²) in [6.07, 6.45) is 1.79. The Labute approximate surface area is 94.4 Å².